The Morgan fingerprint density at radius 3 is 2.19 bits per heavy atom. The number of Topliss-reactive ketones (excluding diaryl/α,β-unsaturated/α-hetero) is 1. The zero-order valence-corrected chi connectivity index (χ0v) is 17.8. The maximum atomic E-state index is 12.5. The first-order valence-electron chi connectivity index (χ1n) is 10.4. The molecule has 0 aliphatic rings. The maximum absolute atomic E-state index is 12.5. The summed E-state index contributed by atoms with van der Waals surface area (Å²) in [5, 5.41) is 13.9. The van der Waals surface area contributed by atoms with E-state index < -0.39 is 18.0 Å². The monoisotopic (exact) mass is 426 g/mol. The van der Waals surface area contributed by atoms with E-state index in [0.29, 0.717) is 13.0 Å². The molecule has 2 unspecified atom stereocenters. The quantitative estimate of drug-likeness (QED) is 0.456. The molecule has 31 heavy (non-hydrogen) atoms. The molecule has 0 saturated carbocycles. The third kappa shape index (κ3) is 9.44. The molecule has 2 amide bonds. The molecule has 0 aromatic heterocycles. The molecule has 166 valence electrons. The second kappa shape index (κ2) is 13.2. The van der Waals surface area contributed by atoms with Crippen LogP contribution in [0, 0.1) is 5.92 Å². The van der Waals surface area contributed by atoms with Crippen LogP contribution < -0.4 is 10.6 Å². The van der Waals surface area contributed by atoms with Crippen molar-refractivity contribution < 1.29 is 24.2 Å². The highest BCUT2D eigenvalue weighted by molar-refractivity contribution is 5.90. The number of nitrogens with one attached hydrogen (secondary N) is 2. The fourth-order valence-corrected chi connectivity index (χ4v) is 3.24. The second-order valence-corrected chi connectivity index (χ2v) is 7.52. The van der Waals surface area contributed by atoms with Crippen LogP contribution in [-0.4, -0.2) is 42.1 Å². The van der Waals surface area contributed by atoms with Crippen LogP contribution in [0.2, 0.25) is 0 Å². The van der Waals surface area contributed by atoms with Crippen molar-refractivity contribution in [2.24, 2.45) is 5.92 Å². The van der Waals surface area contributed by atoms with Crippen LogP contribution in [0.15, 0.2) is 60.7 Å². The summed E-state index contributed by atoms with van der Waals surface area (Å²) in [5.74, 6) is -1.01. The molecule has 2 aromatic rings. The number of ether oxygens (including phenoxy) is 1. The molecule has 0 heterocycles. The molecule has 2 rings (SSSR count). The molecule has 0 radical (unpaired) electrons. The Morgan fingerprint density at radius 1 is 0.968 bits per heavy atom. The van der Waals surface area contributed by atoms with Crippen molar-refractivity contribution in [3.05, 3.63) is 71.8 Å². The topological polar surface area (TPSA) is 105 Å². The SMILES string of the molecule is CC(CCCc1ccccc1)C(NC(=O)O)C(=O)NCC(=O)COCc1ccccc1. The summed E-state index contributed by atoms with van der Waals surface area (Å²) < 4.78 is 5.37. The van der Waals surface area contributed by atoms with Gasteiger partial charge in [0.1, 0.15) is 12.6 Å². The number of carbonyl (C=O) groups excluding carboxylic acids is 2. The fraction of sp³-hybridized carbons (Fsp3) is 0.375. The van der Waals surface area contributed by atoms with Gasteiger partial charge in [-0.1, -0.05) is 67.6 Å². The number of carboxylic acid groups (broad SMARTS) is 1. The highest BCUT2D eigenvalue weighted by Gasteiger charge is 2.26. The van der Waals surface area contributed by atoms with E-state index in [1.165, 1.54) is 5.56 Å². The van der Waals surface area contributed by atoms with Crippen LogP contribution >= 0.6 is 0 Å². The first kappa shape index (κ1) is 24.1. The standard InChI is InChI=1S/C24H30N2O5/c1-18(9-8-14-19-10-4-2-5-11-19)22(26-24(29)30)23(28)25-15-21(27)17-31-16-20-12-6-3-7-13-20/h2-7,10-13,18,22,26H,8-9,14-17H2,1H3,(H,25,28)(H,29,30). The predicted octanol–water partition coefficient (Wildman–Crippen LogP) is 3.18. The molecule has 0 aliphatic heterocycles. The van der Waals surface area contributed by atoms with Gasteiger partial charge < -0.3 is 20.5 Å². The summed E-state index contributed by atoms with van der Waals surface area (Å²) in [4.78, 5) is 35.7. The number of rotatable bonds is 13. The molecule has 0 saturated heterocycles. The van der Waals surface area contributed by atoms with Crippen molar-refractivity contribution in [1.29, 1.82) is 0 Å². The lowest BCUT2D eigenvalue weighted by Crippen LogP contribution is -2.51. The van der Waals surface area contributed by atoms with E-state index in [2.05, 4.69) is 10.6 Å². The molecule has 0 fully saturated rings. The first-order valence-corrected chi connectivity index (χ1v) is 10.4. The smallest absolute Gasteiger partial charge is 0.405 e. The largest absolute Gasteiger partial charge is 0.465 e. The van der Waals surface area contributed by atoms with E-state index in [4.69, 9.17) is 9.84 Å². The summed E-state index contributed by atoms with van der Waals surface area (Å²) in [6.45, 7) is 1.80. The number of hydrogen-bond donors (Lipinski definition) is 3. The predicted molar refractivity (Wildman–Crippen MR) is 118 cm³/mol. The zero-order chi connectivity index (χ0) is 22.5. The third-order valence-electron chi connectivity index (χ3n) is 4.93. The van der Waals surface area contributed by atoms with Crippen molar-refractivity contribution in [2.45, 2.75) is 38.8 Å². The van der Waals surface area contributed by atoms with Crippen molar-refractivity contribution in [3.8, 4) is 0 Å². The highest BCUT2D eigenvalue weighted by atomic mass is 16.5. The number of aryl methyl sites for hydroxylation is 1. The highest BCUT2D eigenvalue weighted by Crippen LogP contribution is 2.14. The van der Waals surface area contributed by atoms with Gasteiger partial charge in [0.15, 0.2) is 5.78 Å². The minimum absolute atomic E-state index is 0.126. The lowest BCUT2D eigenvalue weighted by atomic mass is 9.93. The zero-order valence-electron chi connectivity index (χ0n) is 17.8. The lowest BCUT2D eigenvalue weighted by Gasteiger charge is -2.23. The maximum Gasteiger partial charge on any atom is 0.405 e. The summed E-state index contributed by atoms with van der Waals surface area (Å²) in [6.07, 6.45) is 1.07. The summed E-state index contributed by atoms with van der Waals surface area (Å²) in [6, 6.07) is 18.5. The lowest BCUT2D eigenvalue weighted by molar-refractivity contribution is -0.129. The van der Waals surface area contributed by atoms with Gasteiger partial charge in [0.05, 0.1) is 13.2 Å². The Labute approximate surface area is 182 Å². The van der Waals surface area contributed by atoms with E-state index in [0.717, 1.165) is 18.4 Å². The van der Waals surface area contributed by atoms with Crippen molar-refractivity contribution >= 4 is 17.8 Å². The van der Waals surface area contributed by atoms with Crippen LogP contribution in [0.25, 0.3) is 0 Å². The van der Waals surface area contributed by atoms with E-state index in [1.54, 1.807) is 0 Å². The summed E-state index contributed by atoms with van der Waals surface area (Å²) in [7, 11) is 0. The summed E-state index contributed by atoms with van der Waals surface area (Å²) >= 11 is 0. The second-order valence-electron chi connectivity index (χ2n) is 7.52. The Morgan fingerprint density at radius 2 is 1.58 bits per heavy atom. The van der Waals surface area contributed by atoms with Crippen molar-refractivity contribution in [2.75, 3.05) is 13.2 Å². The van der Waals surface area contributed by atoms with Gasteiger partial charge >= 0.3 is 6.09 Å². The third-order valence-corrected chi connectivity index (χ3v) is 4.93. The van der Waals surface area contributed by atoms with Gasteiger partial charge in [0, 0.05) is 0 Å². The Bertz CT molecular complexity index is 826. The molecule has 0 aliphatic carbocycles. The molecule has 7 heteroatoms. The minimum Gasteiger partial charge on any atom is -0.465 e. The van der Waals surface area contributed by atoms with E-state index in [-0.39, 0.29) is 24.9 Å². The Balaban J connectivity index is 1.75. The molecule has 2 atom stereocenters. The van der Waals surface area contributed by atoms with Gasteiger partial charge in [-0.3, -0.25) is 9.59 Å². The molecule has 7 nitrogen and oxygen atoms in total. The molecule has 2 aromatic carbocycles. The molecule has 3 N–H and O–H groups in total. The van der Waals surface area contributed by atoms with Gasteiger partial charge in [-0.15, -0.1) is 0 Å². The number of benzene rings is 2. The van der Waals surface area contributed by atoms with E-state index >= 15 is 0 Å². The van der Waals surface area contributed by atoms with Crippen LogP contribution in [0.3, 0.4) is 0 Å². The van der Waals surface area contributed by atoms with Gasteiger partial charge in [0.25, 0.3) is 0 Å². The first-order chi connectivity index (χ1) is 15.0. The fourth-order valence-electron chi connectivity index (χ4n) is 3.24. The number of amides is 2. The van der Waals surface area contributed by atoms with Gasteiger partial charge in [0.2, 0.25) is 5.91 Å². The van der Waals surface area contributed by atoms with Crippen LogP contribution in [0.4, 0.5) is 4.79 Å². The molecule has 0 spiro atoms. The molecular formula is C24H30N2O5. The van der Waals surface area contributed by atoms with Crippen LogP contribution in [-0.2, 0) is 27.4 Å². The summed E-state index contributed by atoms with van der Waals surface area (Å²) in [5.41, 5.74) is 2.15. The number of ketones is 1. The van der Waals surface area contributed by atoms with Gasteiger partial charge in [-0.2, -0.15) is 0 Å². The van der Waals surface area contributed by atoms with Crippen LogP contribution in [0.5, 0.6) is 0 Å². The van der Waals surface area contributed by atoms with Crippen LogP contribution in [0.1, 0.15) is 30.9 Å². The number of carbonyl (C=O) groups is 3. The molecule has 0 bridgehead atoms. The number of hydrogen-bond acceptors (Lipinski definition) is 4. The Hall–Kier alpha value is -3.19. The van der Waals surface area contributed by atoms with Crippen molar-refractivity contribution in [3.63, 3.8) is 0 Å². The Kier molecular flexibility index (Phi) is 10.2. The van der Waals surface area contributed by atoms with E-state index in [1.807, 2.05) is 67.6 Å². The van der Waals surface area contributed by atoms with Crippen molar-refractivity contribution in [1.82, 2.24) is 10.6 Å². The average Bonchev–Trinajstić information content (AvgIpc) is 2.77. The van der Waals surface area contributed by atoms with E-state index in [9.17, 15) is 14.4 Å². The van der Waals surface area contributed by atoms with Gasteiger partial charge in [-0.25, -0.2) is 4.79 Å². The van der Waals surface area contributed by atoms with Gasteiger partial charge in [-0.05, 0) is 36.3 Å². The minimum atomic E-state index is -1.27. The average molecular weight is 427 g/mol. The normalized spacial score (nSPS) is 12.5. The molecular weight excluding hydrogens is 396 g/mol.